The monoisotopic (exact) mass is 525 g/mol. The molecule has 9 nitrogen and oxygen atoms in total. The van der Waals surface area contributed by atoms with Crippen LogP contribution >= 0.6 is 11.8 Å². The van der Waals surface area contributed by atoms with Gasteiger partial charge in [0.25, 0.3) is 0 Å². The number of hydrogen-bond donors (Lipinski definition) is 1. The summed E-state index contributed by atoms with van der Waals surface area (Å²) in [5.74, 6) is 2.33. The van der Waals surface area contributed by atoms with E-state index in [-0.39, 0.29) is 11.2 Å². The second-order valence-corrected chi connectivity index (χ2v) is 10.2. The zero-order valence-corrected chi connectivity index (χ0v) is 22.0. The Bertz CT molecular complexity index is 1740. The lowest BCUT2D eigenvalue weighted by atomic mass is 10.2. The lowest BCUT2D eigenvalue weighted by Crippen LogP contribution is -2.32. The number of fused-ring (bicyclic) bond motifs is 4. The molecule has 0 spiro atoms. The number of nitrogens with one attached hydrogen (secondary N) is 1. The molecule has 0 bridgehead atoms. The van der Waals surface area contributed by atoms with Crippen LogP contribution in [-0.2, 0) is 24.3 Å². The molecule has 0 saturated carbocycles. The van der Waals surface area contributed by atoms with Crippen molar-refractivity contribution in [2.75, 3.05) is 0 Å². The Morgan fingerprint density at radius 3 is 2.66 bits per heavy atom. The van der Waals surface area contributed by atoms with Crippen molar-refractivity contribution in [2.24, 2.45) is 0 Å². The molecule has 4 heterocycles. The minimum absolute atomic E-state index is 0.0696. The summed E-state index contributed by atoms with van der Waals surface area (Å²) in [7, 11) is 0. The highest BCUT2D eigenvalue weighted by Gasteiger charge is 2.22. The third-order valence-corrected chi connectivity index (χ3v) is 7.83. The minimum Gasteiger partial charge on any atom is -0.467 e. The standard InChI is InChI=1S/C28H27N7O2S/c1-3-24(27(36)29-17-19-9-8-16-37-19)38-28-31-21-11-5-4-10-20(21)26-32-25(33-35(26)28)14-15-34-18(2)30-22-12-6-7-13-23(22)34/h4-13,16,24H,3,14-15,17H2,1-2H3,(H,29,36). The Hall–Kier alpha value is -4.18. The fraction of sp³-hybridized carbons (Fsp3) is 0.250. The highest BCUT2D eigenvalue weighted by Crippen LogP contribution is 2.28. The molecule has 0 saturated heterocycles. The molecule has 10 heteroatoms. The number of carbonyl (C=O) groups excluding carboxylic acids is 1. The van der Waals surface area contributed by atoms with Gasteiger partial charge in [-0.05, 0) is 49.7 Å². The van der Waals surface area contributed by atoms with E-state index in [2.05, 4.69) is 20.9 Å². The zero-order valence-electron chi connectivity index (χ0n) is 21.2. The Balaban J connectivity index is 1.30. The van der Waals surface area contributed by atoms with Crippen molar-refractivity contribution in [2.45, 2.75) is 50.2 Å². The summed E-state index contributed by atoms with van der Waals surface area (Å²) < 4.78 is 9.32. The molecule has 1 unspecified atom stereocenters. The smallest absolute Gasteiger partial charge is 0.233 e. The SMILES string of the molecule is CCC(Sc1nc2ccccc2c2nc(CCn3c(C)nc4ccccc43)nn12)C(=O)NCc1ccco1. The van der Waals surface area contributed by atoms with E-state index in [1.807, 2.05) is 68.4 Å². The number of hydrogen-bond acceptors (Lipinski definition) is 7. The van der Waals surface area contributed by atoms with E-state index in [1.54, 1.807) is 10.8 Å². The van der Waals surface area contributed by atoms with E-state index in [0.29, 0.717) is 36.8 Å². The average molecular weight is 526 g/mol. The number of aromatic nitrogens is 6. The highest BCUT2D eigenvalue weighted by atomic mass is 32.2. The zero-order chi connectivity index (χ0) is 26.1. The second-order valence-electron chi connectivity index (χ2n) is 9.04. The van der Waals surface area contributed by atoms with Gasteiger partial charge in [0.15, 0.2) is 16.6 Å². The van der Waals surface area contributed by atoms with Gasteiger partial charge in [-0.15, -0.1) is 5.10 Å². The molecule has 4 aromatic heterocycles. The molecule has 1 amide bonds. The van der Waals surface area contributed by atoms with Gasteiger partial charge in [-0.3, -0.25) is 4.79 Å². The number of para-hydroxylation sites is 3. The van der Waals surface area contributed by atoms with Gasteiger partial charge in [-0.25, -0.2) is 15.0 Å². The van der Waals surface area contributed by atoms with Crippen LogP contribution in [0.4, 0.5) is 0 Å². The summed E-state index contributed by atoms with van der Waals surface area (Å²) in [5, 5.41) is 9.04. The van der Waals surface area contributed by atoms with Crippen molar-refractivity contribution in [3.63, 3.8) is 0 Å². The van der Waals surface area contributed by atoms with Crippen LogP contribution in [0.15, 0.2) is 76.5 Å². The summed E-state index contributed by atoms with van der Waals surface area (Å²) in [6, 6.07) is 19.7. The first-order chi connectivity index (χ1) is 18.6. The molecule has 2 aromatic carbocycles. The van der Waals surface area contributed by atoms with Gasteiger partial charge in [0.1, 0.15) is 11.6 Å². The fourth-order valence-electron chi connectivity index (χ4n) is 4.60. The van der Waals surface area contributed by atoms with Crippen molar-refractivity contribution < 1.29 is 9.21 Å². The van der Waals surface area contributed by atoms with Gasteiger partial charge < -0.3 is 14.3 Å². The number of furan rings is 1. The summed E-state index contributed by atoms with van der Waals surface area (Å²) in [6.45, 7) is 5.07. The first-order valence-electron chi connectivity index (χ1n) is 12.6. The van der Waals surface area contributed by atoms with E-state index in [1.165, 1.54) is 11.8 Å². The van der Waals surface area contributed by atoms with E-state index in [4.69, 9.17) is 19.5 Å². The van der Waals surface area contributed by atoms with Crippen LogP contribution in [0.5, 0.6) is 0 Å². The van der Waals surface area contributed by atoms with Crippen LogP contribution in [-0.4, -0.2) is 40.3 Å². The number of imidazole rings is 1. The second kappa shape index (κ2) is 10.3. The largest absolute Gasteiger partial charge is 0.467 e. The quantitative estimate of drug-likeness (QED) is 0.210. The maximum atomic E-state index is 13.0. The van der Waals surface area contributed by atoms with Crippen LogP contribution in [0.25, 0.3) is 27.6 Å². The minimum atomic E-state index is -0.338. The molecule has 1 atom stereocenters. The molecular formula is C28H27N7O2S. The lowest BCUT2D eigenvalue weighted by molar-refractivity contribution is -0.120. The van der Waals surface area contributed by atoms with Crippen LogP contribution in [0, 0.1) is 6.92 Å². The third kappa shape index (κ3) is 4.63. The summed E-state index contributed by atoms with van der Waals surface area (Å²) >= 11 is 1.40. The molecular weight excluding hydrogens is 498 g/mol. The van der Waals surface area contributed by atoms with Crippen LogP contribution in [0.1, 0.15) is 30.8 Å². The van der Waals surface area contributed by atoms with E-state index >= 15 is 0 Å². The summed E-state index contributed by atoms with van der Waals surface area (Å²) in [4.78, 5) is 27.5. The van der Waals surface area contributed by atoms with Gasteiger partial charge in [0.2, 0.25) is 5.91 Å². The number of amides is 1. The normalized spacial score (nSPS) is 12.5. The van der Waals surface area contributed by atoms with Gasteiger partial charge in [0.05, 0.1) is 34.6 Å². The molecule has 0 radical (unpaired) electrons. The number of benzene rings is 2. The number of aryl methyl sites for hydroxylation is 3. The van der Waals surface area contributed by atoms with E-state index in [0.717, 1.165) is 39.2 Å². The first kappa shape index (κ1) is 24.2. The van der Waals surface area contributed by atoms with Crippen LogP contribution < -0.4 is 5.32 Å². The Morgan fingerprint density at radius 2 is 1.84 bits per heavy atom. The van der Waals surface area contributed by atoms with Gasteiger partial charge in [-0.2, -0.15) is 4.52 Å². The fourth-order valence-corrected chi connectivity index (χ4v) is 5.59. The molecule has 6 aromatic rings. The third-order valence-electron chi connectivity index (χ3n) is 6.53. The highest BCUT2D eigenvalue weighted by molar-refractivity contribution is 8.00. The average Bonchev–Trinajstić information content (AvgIpc) is 3.68. The lowest BCUT2D eigenvalue weighted by Gasteiger charge is -2.14. The van der Waals surface area contributed by atoms with Crippen molar-refractivity contribution in [3.8, 4) is 0 Å². The molecule has 192 valence electrons. The molecule has 0 aliphatic heterocycles. The number of carbonyl (C=O) groups is 1. The van der Waals surface area contributed by atoms with E-state index < -0.39 is 0 Å². The first-order valence-corrected chi connectivity index (χ1v) is 13.5. The molecule has 38 heavy (non-hydrogen) atoms. The maximum absolute atomic E-state index is 13.0. The number of rotatable bonds is 9. The molecule has 1 N–H and O–H groups in total. The number of thioether (sulfide) groups is 1. The van der Waals surface area contributed by atoms with Gasteiger partial charge >= 0.3 is 0 Å². The van der Waals surface area contributed by atoms with Crippen molar-refractivity contribution in [3.05, 3.63) is 84.3 Å². The predicted molar refractivity (Wildman–Crippen MR) is 147 cm³/mol. The van der Waals surface area contributed by atoms with Crippen LogP contribution in [0.2, 0.25) is 0 Å². The molecule has 0 fully saturated rings. The van der Waals surface area contributed by atoms with Crippen molar-refractivity contribution in [1.29, 1.82) is 0 Å². The topological polar surface area (TPSA) is 103 Å². The molecule has 0 aliphatic carbocycles. The van der Waals surface area contributed by atoms with E-state index in [9.17, 15) is 4.79 Å². The Kier molecular flexibility index (Phi) is 6.55. The summed E-state index contributed by atoms with van der Waals surface area (Å²) in [6.07, 6.45) is 2.88. The number of nitrogens with zero attached hydrogens (tertiary/aromatic N) is 6. The molecule has 6 rings (SSSR count). The Labute approximate surface area is 223 Å². The molecule has 0 aliphatic rings. The predicted octanol–water partition coefficient (Wildman–Crippen LogP) is 4.96. The van der Waals surface area contributed by atoms with Crippen LogP contribution in [0.3, 0.4) is 0 Å². The summed E-state index contributed by atoms with van der Waals surface area (Å²) in [5.41, 5.74) is 3.65. The van der Waals surface area contributed by atoms with Crippen molar-refractivity contribution in [1.82, 2.24) is 34.4 Å². The Morgan fingerprint density at radius 1 is 1.03 bits per heavy atom. The maximum Gasteiger partial charge on any atom is 0.233 e. The van der Waals surface area contributed by atoms with Gasteiger partial charge in [-0.1, -0.05) is 43.0 Å². The van der Waals surface area contributed by atoms with Crippen molar-refractivity contribution >= 4 is 45.3 Å². The van der Waals surface area contributed by atoms with Gasteiger partial charge in [0, 0.05) is 18.4 Å².